The maximum absolute atomic E-state index is 12.5. The van der Waals surface area contributed by atoms with E-state index in [2.05, 4.69) is 15.6 Å². The van der Waals surface area contributed by atoms with Crippen LogP contribution >= 0.6 is 0 Å². The maximum atomic E-state index is 12.5. The molecule has 27 heavy (non-hydrogen) atoms. The topological polar surface area (TPSA) is 78.3 Å². The van der Waals surface area contributed by atoms with E-state index in [1.54, 1.807) is 10.9 Å². The summed E-state index contributed by atoms with van der Waals surface area (Å²) in [5.41, 5.74) is 2.32. The number of carbonyl (C=O) groups is 1. The summed E-state index contributed by atoms with van der Waals surface area (Å²) in [5.74, 6) is 1.16. The number of fused-ring (bicyclic) bond motifs is 1. The van der Waals surface area contributed by atoms with Gasteiger partial charge in [0.25, 0.3) is 5.91 Å². The molecule has 2 heterocycles. The van der Waals surface area contributed by atoms with Crippen molar-refractivity contribution in [3.05, 3.63) is 71.5 Å². The minimum atomic E-state index is -0.267. The van der Waals surface area contributed by atoms with Crippen LogP contribution in [0.15, 0.2) is 54.7 Å². The first-order valence-corrected chi connectivity index (χ1v) is 8.83. The number of aromatic nitrogens is 3. The zero-order chi connectivity index (χ0) is 18.6. The van der Waals surface area contributed by atoms with Gasteiger partial charge in [0, 0.05) is 0 Å². The molecule has 7 heteroatoms. The van der Waals surface area contributed by atoms with Crippen molar-refractivity contribution in [2.45, 2.75) is 19.5 Å². The molecule has 0 radical (unpaired) electrons. The van der Waals surface area contributed by atoms with Gasteiger partial charge in [-0.3, -0.25) is 4.79 Å². The van der Waals surface area contributed by atoms with Gasteiger partial charge in [0.1, 0.15) is 13.2 Å². The van der Waals surface area contributed by atoms with E-state index in [1.165, 1.54) is 0 Å². The Hall–Kier alpha value is -3.35. The second-order valence-corrected chi connectivity index (χ2v) is 6.39. The fourth-order valence-electron chi connectivity index (χ4n) is 2.93. The molecule has 4 rings (SSSR count). The highest BCUT2D eigenvalue weighted by molar-refractivity contribution is 5.92. The number of carbonyl (C=O) groups excluding carboxylic acids is 1. The van der Waals surface area contributed by atoms with E-state index in [-0.39, 0.29) is 17.6 Å². The Labute approximate surface area is 156 Å². The summed E-state index contributed by atoms with van der Waals surface area (Å²) in [6.07, 6.45) is 1.65. The fraction of sp³-hybridized carbons (Fsp3) is 0.250. The van der Waals surface area contributed by atoms with Gasteiger partial charge in [-0.25, -0.2) is 4.68 Å². The van der Waals surface area contributed by atoms with E-state index in [1.807, 2.05) is 55.5 Å². The molecule has 1 N–H and O–H groups in total. The highest BCUT2D eigenvalue weighted by atomic mass is 16.6. The highest BCUT2D eigenvalue weighted by Crippen LogP contribution is 2.32. The minimum absolute atomic E-state index is 0.201. The molecule has 0 saturated heterocycles. The molecule has 1 amide bonds. The molecule has 138 valence electrons. The molecule has 7 nitrogen and oxygen atoms in total. The van der Waals surface area contributed by atoms with Crippen molar-refractivity contribution < 1.29 is 14.3 Å². The molecule has 0 spiro atoms. The van der Waals surface area contributed by atoms with Crippen LogP contribution in [0.5, 0.6) is 11.5 Å². The molecule has 0 bridgehead atoms. The Balaban J connectivity index is 1.41. The van der Waals surface area contributed by atoms with Gasteiger partial charge in [0.05, 0.1) is 18.8 Å². The van der Waals surface area contributed by atoms with E-state index in [9.17, 15) is 4.79 Å². The molecule has 1 unspecified atom stereocenters. The van der Waals surface area contributed by atoms with Crippen LogP contribution in [-0.4, -0.2) is 34.1 Å². The lowest BCUT2D eigenvalue weighted by atomic mass is 10.1. The van der Waals surface area contributed by atoms with Crippen molar-refractivity contribution in [3.8, 4) is 11.5 Å². The Morgan fingerprint density at radius 2 is 1.93 bits per heavy atom. The van der Waals surface area contributed by atoms with Crippen molar-refractivity contribution in [3.63, 3.8) is 0 Å². The van der Waals surface area contributed by atoms with Gasteiger partial charge in [-0.1, -0.05) is 41.6 Å². The molecule has 1 atom stereocenters. The Kier molecular flexibility index (Phi) is 4.74. The van der Waals surface area contributed by atoms with Gasteiger partial charge < -0.3 is 14.8 Å². The minimum Gasteiger partial charge on any atom is -0.486 e. The molecular weight excluding hydrogens is 344 g/mol. The largest absolute Gasteiger partial charge is 0.486 e. The lowest BCUT2D eigenvalue weighted by molar-refractivity contribution is 0.0934. The van der Waals surface area contributed by atoms with Crippen molar-refractivity contribution in [1.29, 1.82) is 0 Å². The molecule has 3 aromatic rings. The number of nitrogens with one attached hydrogen (secondary N) is 1. The first-order valence-electron chi connectivity index (χ1n) is 8.83. The van der Waals surface area contributed by atoms with Crippen molar-refractivity contribution in [1.82, 2.24) is 20.3 Å². The summed E-state index contributed by atoms with van der Waals surface area (Å²) >= 11 is 0. The van der Waals surface area contributed by atoms with Gasteiger partial charge in [-0.2, -0.15) is 0 Å². The number of nitrogens with zero attached hydrogens (tertiary/aromatic N) is 3. The van der Waals surface area contributed by atoms with E-state index in [0.29, 0.717) is 25.5 Å². The smallest absolute Gasteiger partial charge is 0.273 e. The summed E-state index contributed by atoms with van der Waals surface area (Å²) < 4.78 is 12.8. The molecule has 1 aromatic heterocycles. The van der Waals surface area contributed by atoms with Crippen LogP contribution < -0.4 is 14.8 Å². The standard InChI is InChI=1S/C20H20N4O3/c1-14(16-7-8-18-19(11-16)27-10-9-26-18)21-20(25)17-13-24(23-22-17)12-15-5-3-2-4-6-15/h2-8,11,13-14H,9-10,12H2,1H3,(H,21,25). The number of rotatable bonds is 5. The van der Waals surface area contributed by atoms with E-state index >= 15 is 0 Å². The molecule has 0 saturated carbocycles. The van der Waals surface area contributed by atoms with E-state index in [4.69, 9.17) is 9.47 Å². The summed E-state index contributed by atoms with van der Waals surface area (Å²) in [5, 5.41) is 11.0. The van der Waals surface area contributed by atoms with Crippen molar-refractivity contribution in [2.75, 3.05) is 13.2 Å². The van der Waals surface area contributed by atoms with Gasteiger partial charge in [0.2, 0.25) is 0 Å². The summed E-state index contributed by atoms with van der Waals surface area (Å²) in [4.78, 5) is 12.5. The first kappa shape index (κ1) is 17.1. The summed E-state index contributed by atoms with van der Waals surface area (Å²) in [6.45, 7) is 3.57. The second kappa shape index (κ2) is 7.49. The number of hydrogen-bond donors (Lipinski definition) is 1. The average molecular weight is 364 g/mol. The van der Waals surface area contributed by atoms with Crippen molar-refractivity contribution in [2.24, 2.45) is 0 Å². The first-order chi connectivity index (χ1) is 13.2. The van der Waals surface area contributed by atoms with Crippen molar-refractivity contribution >= 4 is 5.91 Å². The van der Waals surface area contributed by atoms with Crippen LogP contribution in [0.25, 0.3) is 0 Å². The van der Waals surface area contributed by atoms with Crippen LogP contribution in [0.1, 0.15) is 34.6 Å². The lowest BCUT2D eigenvalue weighted by Gasteiger charge is -2.20. The predicted octanol–water partition coefficient (Wildman–Crippen LogP) is 2.59. The van der Waals surface area contributed by atoms with E-state index in [0.717, 1.165) is 16.9 Å². The molecule has 0 fully saturated rings. The zero-order valence-electron chi connectivity index (χ0n) is 15.0. The SMILES string of the molecule is CC(NC(=O)c1cn(Cc2ccccc2)nn1)c1ccc2c(c1)OCCO2. The maximum Gasteiger partial charge on any atom is 0.273 e. The molecule has 1 aliphatic heterocycles. The van der Waals surface area contributed by atoms with Crippen LogP contribution in [0.3, 0.4) is 0 Å². The predicted molar refractivity (Wildman–Crippen MR) is 98.9 cm³/mol. The molecular formula is C20H20N4O3. The van der Waals surface area contributed by atoms with Gasteiger partial charge in [-0.05, 0) is 30.2 Å². The third kappa shape index (κ3) is 3.92. The Morgan fingerprint density at radius 3 is 2.74 bits per heavy atom. The normalized spacial score (nSPS) is 13.8. The highest BCUT2D eigenvalue weighted by Gasteiger charge is 2.18. The monoisotopic (exact) mass is 364 g/mol. The van der Waals surface area contributed by atoms with Crippen LogP contribution in [-0.2, 0) is 6.54 Å². The Bertz CT molecular complexity index is 939. The quantitative estimate of drug-likeness (QED) is 0.753. The number of benzene rings is 2. The number of amides is 1. The van der Waals surface area contributed by atoms with Gasteiger partial charge in [-0.15, -0.1) is 5.10 Å². The lowest BCUT2D eigenvalue weighted by Crippen LogP contribution is -2.27. The molecule has 2 aromatic carbocycles. The third-order valence-electron chi connectivity index (χ3n) is 4.37. The zero-order valence-corrected chi connectivity index (χ0v) is 15.0. The number of hydrogen-bond acceptors (Lipinski definition) is 5. The molecule has 1 aliphatic rings. The average Bonchev–Trinajstić information content (AvgIpc) is 3.17. The van der Waals surface area contributed by atoms with Crippen LogP contribution in [0.2, 0.25) is 0 Å². The number of ether oxygens (including phenoxy) is 2. The van der Waals surface area contributed by atoms with E-state index < -0.39 is 0 Å². The van der Waals surface area contributed by atoms with Crippen LogP contribution in [0, 0.1) is 0 Å². The summed E-state index contributed by atoms with van der Waals surface area (Å²) in [7, 11) is 0. The van der Waals surface area contributed by atoms with Crippen LogP contribution in [0.4, 0.5) is 0 Å². The summed E-state index contributed by atoms with van der Waals surface area (Å²) in [6, 6.07) is 15.4. The third-order valence-corrected chi connectivity index (χ3v) is 4.37. The van der Waals surface area contributed by atoms with Gasteiger partial charge in [0.15, 0.2) is 17.2 Å². The Morgan fingerprint density at radius 1 is 1.15 bits per heavy atom. The fourth-order valence-corrected chi connectivity index (χ4v) is 2.93. The second-order valence-electron chi connectivity index (χ2n) is 6.39. The van der Waals surface area contributed by atoms with Gasteiger partial charge >= 0.3 is 0 Å². The molecule has 0 aliphatic carbocycles.